The Bertz CT molecular complexity index is 1010. The minimum Gasteiger partial charge on any atom is -0.332 e. The molecule has 2 heterocycles. The number of likely N-dealkylation sites (N-methyl/N-ethyl adjacent to an activating group) is 1. The number of rotatable bonds is 4. The Morgan fingerprint density at radius 3 is 2.48 bits per heavy atom. The lowest BCUT2D eigenvalue weighted by atomic mass is 10.1. The van der Waals surface area contributed by atoms with Gasteiger partial charge in [0.05, 0.1) is 44.1 Å². The number of nitrogens with zero attached hydrogens (tertiary/aromatic N) is 3. The van der Waals surface area contributed by atoms with Crippen LogP contribution in [0.4, 0.5) is 4.39 Å². The highest BCUT2D eigenvalue weighted by Crippen LogP contribution is 2.25. The van der Waals surface area contributed by atoms with Gasteiger partial charge in [0.25, 0.3) is 5.91 Å². The second-order valence-corrected chi connectivity index (χ2v) is 7.62. The van der Waals surface area contributed by atoms with Gasteiger partial charge in [0.2, 0.25) is 0 Å². The lowest BCUT2D eigenvalue weighted by Gasteiger charge is -2.31. The van der Waals surface area contributed by atoms with Crippen LogP contribution in [-0.2, 0) is 0 Å². The van der Waals surface area contributed by atoms with Crippen LogP contribution in [0.15, 0.2) is 54.6 Å². The van der Waals surface area contributed by atoms with Crippen molar-refractivity contribution < 1.29 is 14.1 Å². The largest absolute Gasteiger partial charge is 0.332 e. The van der Waals surface area contributed by atoms with Crippen molar-refractivity contribution in [2.75, 3.05) is 32.7 Å². The molecule has 0 radical (unpaired) electrons. The van der Waals surface area contributed by atoms with Gasteiger partial charge in [-0.1, -0.05) is 23.7 Å². The lowest BCUT2D eigenvalue weighted by Crippen LogP contribution is -3.14. The average Bonchev–Trinajstić information content (AvgIpc) is 3.19. The highest BCUT2D eigenvalue weighted by atomic mass is 35.5. The van der Waals surface area contributed by atoms with Crippen molar-refractivity contribution in [3.8, 4) is 16.9 Å². The molecule has 1 aliphatic heterocycles. The zero-order valence-electron chi connectivity index (χ0n) is 16.2. The van der Waals surface area contributed by atoms with Crippen LogP contribution in [0.3, 0.4) is 0 Å². The molecule has 1 saturated heterocycles. The molecule has 7 heteroatoms. The van der Waals surface area contributed by atoms with E-state index >= 15 is 0 Å². The first-order valence-corrected chi connectivity index (χ1v) is 10.2. The molecule has 1 fully saturated rings. The molecule has 1 aromatic heterocycles. The second kappa shape index (κ2) is 8.35. The summed E-state index contributed by atoms with van der Waals surface area (Å²) in [6.07, 6.45) is 0. The summed E-state index contributed by atoms with van der Waals surface area (Å²) in [4.78, 5) is 16.7. The molecule has 0 aliphatic carbocycles. The minimum atomic E-state index is -0.368. The van der Waals surface area contributed by atoms with Crippen LogP contribution in [0.5, 0.6) is 0 Å². The number of carbonyl (C=O) groups excluding carboxylic acids is 1. The number of amides is 1. The highest BCUT2D eigenvalue weighted by Gasteiger charge is 2.27. The van der Waals surface area contributed by atoms with Crippen LogP contribution in [0.1, 0.15) is 17.4 Å². The molecular formula is C22H23ClFN4O+. The van der Waals surface area contributed by atoms with E-state index in [0.29, 0.717) is 40.8 Å². The second-order valence-electron chi connectivity index (χ2n) is 7.18. The molecule has 0 unspecified atom stereocenters. The van der Waals surface area contributed by atoms with E-state index in [1.54, 1.807) is 53.2 Å². The molecule has 0 bridgehead atoms. The molecule has 0 atom stereocenters. The Labute approximate surface area is 174 Å². The molecular weight excluding hydrogens is 391 g/mol. The summed E-state index contributed by atoms with van der Waals surface area (Å²) in [7, 11) is 0. The smallest absolute Gasteiger partial charge is 0.273 e. The van der Waals surface area contributed by atoms with Crippen molar-refractivity contribution in [3.05, 3.63) is 71.1 Å². The normalized spacial score (nSPS) is 14.9. The van der Waals surface area contributed by atoms with Crippen molar-refractivity contribution in [1.82, 2.24) is 14.7 Å². The number of nitrogens with one attached hydrogen (secondary N) is 1. The van der Waals surface area contributed by atoms with Crippen molar-refractivity contribution in [2.24, 2.45) is 0 Å². The van der Waals surface area contributed by atoms with Crippen LogP contribution in [0.2, 0.25) is 5.02 Å². The maximum atomic E-state index is 14.3. The molecule has 1 aliphatic rings. The summed E-state index contributed by atoms with van der Waals surface area (Å²) in [6, 6.07) is 15.2. The number of halogens is 2. The van der Waals surface area contributed by atoms with Crippen molar-refractivity contribution in [1.29, 1.82) is 0 Å². The third-order valence-electron chi connectivity index (χ3n) is 5.41. The summed E-state index contributed by atoms with van der Waals surface area (Å²) >= 11 is 6.02. The Morgan fingerprint density at radius 1 is 1.14 bits per heavy atom. The van der Waals surface area contributed by atoms with E-state index in [1.165, 1.54) is 11.0 Å². The van der Waals surface area contributed by atoms with Gasteiger partial charge in [0.15, 0.2) is 0 Å². The van der Waals surface area contributed by atoms with Gasteiger partial charge >= 0.3 is 0 Å². The first-order chi connectivity index (χ1) is 14.1. The van der Waals surface area contributed by atoms with Gasteiger partial charge in [0.1, 0.15) is 11.5 Å². The molecule has 29 heavy (non-hydrogen) atoms. The Balaban J connectivity index is 1.74. The van der Waals surface area contributed by atoms with E-state index in [4.69, 9.17) is 11.6 Å². The monoisotopic (exact) mass is 413 g/mol. The van der Waals surface area contributed by atoms with E-state index in [-0.39, 0.29) is 11.7 Å². The van der Waals surface area contributed by atoms with Gasteiger partial charge in [-0.3, -0.25) is 4.79 Å². The molecule has 0 saturated carbocycles. The van der Waals surface area contributed by atoms with Crippen molar-refractivity contribution in [3.63, 3.8) is 0 Å². The van der Waals surface area contributed by atoms with Gasteiger partial charge in [-0.15, -0.1) is 0 Å². The Morgan fingerprint density at radius 2 is 1.83 bits per heavy atom. The molecule has 2 aromatic carbocycles. The number of benzene rings is 2. The maximum Gasteiger partial charge on any atom is 0.273 e. The maximum absolute atomic E-state index is 14.3. The molecule has 1 N–H and O–H groups in total. The Kier molecular flexibility index (Phi) is 5.65. The van der Waals surface area contributed by atoms with Gasteiger partial charge in [-0.05, 0) is 49.4 Å². The number of piperazine rings is 1. The van der Waals surface area contributed by atoms with E-state index in [0.717, 1.165) is 19.6 Å². The zero-order valence-corrected chi connectivity index (χ0v) is 17.0. The Hall–Kier alpha value is -2.70. The van der Waals surface area contributed by atoms with Crippen LogP contribution in [0, 0.1) is 5.82 Å². The number of aromatic nitrogens is 2. The lowest BCUT2D eigenvalue weighted by molar-refractivity contribution is -0.902. The quantitative estimate of drug-likeness (QED) is 0.714. The van der Waals surface area contributed by atoms with Crippen LogP contribution >= 0.6 is 11.6 Å². The van der Waals surface area contributed by atoms with Crippen LogP contribution in [-0.4, -0.2) is 53.3 Å². The predicted molar refractivity (Wildman–Crippen MR) is 111 cm³/mol. The fourth-order valence-corrected chi connectivity index (χ4v) is 3.78. The summed E-state index contributed by atoms with van der Waals surface area (Å²) < 4.78 is 15.9. The van der Waals surface area contributed by atoms with Crippen molar-refractivity contribution >= 4 is 17.5 Å². The molecule has 150 valence electrons. The standard InChI is InChI=1S/C22H22ClFN4O/c1-2-26-11-13-27(14-12-26)22(29)21-15-20(18-5-3-4-6-19(18)24)25-28(21)17-9-7-16(23)8-10-17/h3-10,15H,2,11-14H2,1H3/p+1. The number of carbonyl (C=O) groups is 1. The number of hydrogen-bond acceptors (Lipinski definition) is 2. The van der Waals surface area contributed by atoms with Crippen molar-refractivity contribution in [2.45, 2.75) is 6.92 Å². The predicted octanol–water partition coefficient (Wildman–Crippen LogP) is 2.69. The molecule has 5 nitrogen and oxygen atoms in total. The summed E-state index contributed by atoms with van der Waals surface area (Å²) in [5.41, 5.74) is 1.93. The fourth-order valence-electron chi connectivity index (χ4n) is 3.65. The SMILES string of the molecule is CC[NH+]1CCN(C(=O)c2cc(-c3ccccc3F)nn2-c2ccc(Cl)cc2)CC1. The zero-order chi connectivity index (χ0) is 20.4. The fraction of sp³-hybridized carbons (Fsp3) is 0.273. The van der Waals surface area contributed by atoms with Gasteiger partial charge < -0.3 is 9.80 Å². The number of quaternary nitrogens is 1. The average molecular weight is 414 g/mol. The molecule has 0 spiro atoms. The molecule has 4 rings (SSSR count). The third kappa shape index (κ3) is 4.04. The molecule has 1 amide bonds. The van der Waals surface area contributed by atoms with Crippen LogP contribution < -0.4 is 4.90 Å². The summed E-state index contributed by atoms with van der Waals surface area (Å²) in [5.74, 6) is -0.461. The van der Waals surface area contributed by atoms with E-state index in [2.05, 4.69) is 12.0 Å². The minimum absolute atomic E-state index is 0.0924. The van der Waals surface area contributed by atoms with Gasteiger partial charge in [0, 0.05) is 10.6 Å². The first-order valence-electron chi connectivity index (χ1n) is 9.80. The van der Waals surface area contributed by atoms with Gasteiger partial charge in [-0.25, -0.2) is 9.07 Å². The van der Waals surface area contributed by atoms with E-state index in [1.807, 2.05) is 4.90 Å². The third-order valence-corrected chi connectivity index (χ3v) is 5.66. The number of hydrogen-bond donors (Lipinski definition) is 1. The summed E-state index contributed by atoms with van der Waals surface area (Å²) in [5, 5.41) is 5.17. The summed E-state index contributed by atoms with van der Waals surface area (Å²) in [6.45, 7) is 6.46. The van der Waals surface area contributed by atoms with Gasteiger partial charge in [-0.2, -0.15) is 5.10 Å². The van der Waals surface area contributed by atoms with E-state index < -0.39 is 0 Å². The van der Waals surface area contributed by atoms with E-state index in [9.17, 15) is 9.18 Å². The highest BCUT2D eigenvalue weighted by molar-refractivity contribution is 6.30. The molecule has 3 aromatic rings. The topological polar surface area (TPSA) is 42.6 Å². The van der Waals surface area contributed by atoms with Crippen LogP contribution in [0.25, 0.3) is 16.9 Å². The first kappa shape index (κ1) is 19.6.